The van der Waals surface area contributed by atoms with Crippen LogP contribution in [0.25, 0.3) is 0 Å². The van der Waals surface area contributed by atoms with E-state index in [4.69, 9.17) is 9.47 Å². The second-order valence-electron chi connectivity index (χ2n) is 2.96. The van der Waals surface area contributed by atoms with Crippen molar-refractivity contribution in [3.8, 4) is 5.75 Å². The summed E-state index contributed by atoms with van der Waals surface area (Å²) in [6.07, 6.45) is 4.24. The lowest BCUT2D eigenvalue weighted by Crippen LogP contribution is -1.95. The topological polar surface area (TPSA) is 18.5 Å². The normalized spacial score (nSPS) is 20.5. The van der Waals surface area contributed by atoms with Gasteiger partial charge >= 0.3 is 0 Å². The monoisotopic (exact) mass is 176 g/mol. The molecule has 1 heterocycles. The van der Waals surface area contributed by atoms with E-state index in [0.29, 0.717) is 0 Å². The van der Waals surface area contributed by atoms with Crippen LogP contribution >= 0.6 is 0 Å². The van der Waals surface area contributed by atoms with Crippen LogP contribution < -0.4 is 4.74 Å². The molecule has 0 saturated heterocycles. The van der Waals surface area contributed by atoms with Crippen LogP contribution in [0, 0.1) is 0 Å². The van der Waals surface area contributed by atoms with Gasteiger partial charge in [-0.3, -0.25) is 0 Å². The van der Waals surface area contributed by atoms with Crippen LogP contribution in [-0.4, -0.2) is 13.7 Å². The van der Waals surface area contributed by atoms with E-state index in [-0.39, 0.29) is 6.10 Å². The SMILES string of the molecule is COc1ccc(C2C=CCO2)cc1. The molecule has 2 nitrogen and oxygen atoms in total. The fourth-order valence-electron chi connectivity index (χ4n) is 1.39. The molecular formula is C11H12O2. The highest BCUT2D eigenvalue weighted by Gasteiger charge is 2.11. The van der Waals surface area contributed by atoms with Crippen LogP contribution in [0.3, 0.4) is 0 Å². The summed E-state index contributed by atoms with van der Waals surface area (Å²) < 4.78 is 10.5. The zero-order chi connectivity index (χ0) is 9.10. The third-order valence-electron chi connectivity index (χ3n) is 2.13. The van der Waals surface area contributed by atoms with Gasteiger partial charge in [0.15, 0.2) is 0 Å². The highest BCUT2D eigenvalue weighted by atomic mass is 16.5. The molecule has 0 saturated carbocycles. The molecule has 0 radical (unpaired) electrons. The van der Waals surface area contributed by atoms with Crippen LogP contribution in [-0.2, 0) is 4.74 Å². The Morgan fingerprint density at radius 2 is 2.08 bits per heavy atom. The standard InChI is InChI=1S/C11H12O2/c1-12-10-6-4-9(5-7-10)11-3-2-8-13-11/h2-7,11H,8H2,1H3. The minimum atomic E-state index is 0.130. The molecule has 1 aliphatic heterocycles. The van der Waals surface area contributed by atoms with Crippen molar-refractivity contribution in [2.75, 3.05) is 13.7 Å². The van der Waals surface area contributed by atoms with Gasteiger partial charge in [-0.1, -0.05) is 24.3 Å². The summed E-state index contributed by atoms with van der Waals surface area (Å²) in [5.41, 5.74) is 1.18. The maximum absolute atomic E-state index is 5.46. The van der Waals surface area contributed by atoms with Gasteiger partial charge in [0, 0.05) is 0 Å². The maximum atomic E-state index is 5.46. The second kappa shape index (κ2) is 3.62. The lowest BCUT2D eigenvalue weighted by atomic mass is 10.1. The second-order valence-corrected chi connectivity index (χ2v) is 2.96. The van der Waals surface area contributed by atoms with E-state index >= 15 is 0 Å². The zero-order valence-electron chi connectivity index (χ0n) is 7.57. The predicted octanol–water partition coefficient (Wildman–Crippen LogP) is 2.32. The summed E-state index contributed by atoms with van der Waals surface area (Å²) in [6, 6.07) is 7.95. The van der Waals surface area contributed by atoms with Gasteiger partial charge in [-0.25, -0.2) is 0 Å². The van der Waals surface area contributed by atoms with E-state index in [2.05, 4.69) is 6.08 Å². The molecule has 68 valence electrons. The van der Waals surface area contributed by atoms with Gasteiger partial charge in [0.2, 0.25) is 0 Å². The Labute approximate surface area is 77.8 Å². The molecule has 1 aromatic rings. The first-order valence-electron chi connectivity index (χ1n) is 4.32. The number of methoxy groups -OCH3 is 1. The highest BCUT2D eigenvalue weighted by molar-refractivity contribution is 5.30. The first kappa shape index (κ1) is 8.32. The van der Waals surface area contributed by atoms with Crippen molar-refractivity contribution in [2.45, 2.75) is 6.10 Å². The number of hydrogen-bond donors (Lipinski definition) is 0. The molecule has 13 heavy (non-hydrogen) atoms. The van der Waals surface area contributed by atoms with Gasteiger partial charge in [0.05, 0.1) is 13.7 Å². The van der Waals surface area contributed by atoms with Crippen LogP contribution in [0.2, 0.25) is 0 Å². The molecule has 1 atom stereocenters. The first-order valence-corrected chi connectivity index (χ1v) is 4.32. The van der Waals surface area contributed by atoms with Gasteiger partial charge < -0.3 is 9.47 Å². The van der Waals surface area contributed by atoms with E-state index in [1.165, 1.54) is 5.56 Å². The summed E-state index contributed by atoms with van der Waals surface area (Å²) in [5.74, 6) is 0.880. The molecule has 1 unspecified atom stereocenters. The number of rotatable bonds is 2. The third-order valence-corrected chi connectivity index (χ3v) is 2.13. The van der Waals surface area contributed by atoms with E-state index < -0.39 is 0 Å². The van der Waals surface area contributed by atoms with Gasteiger partial charge in [-0.15, -0.1) is 0 Å². The summed E-state index contributed by atoms with van der Waals surface area (Å²) in [5, 5.41) is 0. The summed E-state index contributed by atoms with van der Waals surface area (Å²) in [6.45, 7) is 0.719. The molecule has 0 amide bonds. The van der Waals surface area contributed by atoms with Gasteiger partial charge in [0.25, 0.3) is 0 Å². The average molecular weight is 176 g/mol. The fraction of sp³-hybridized carbons (Fsp3) is 0.273. The predicted molar refractivity (Wildman–Crippen MR) is 50.8 cm³/mol. The number of benzene rings is 1. The minimum absolute atomic E-state index is 0.130. The van der Waals surface area contributed by atoms with Crippen molar-refractivity contribution < 1.29 is 9.47 Å². The molecular weight excluding hydrogens is 164 g/mol. The Bertz CT molecular complexity index is 300. The van der Waals surface area contributed by atoms with Crippen molar-refractivity contribution in [2.24, 2.45) is 0 Å². The number of ether oxygens (including phenoxy) is 2. The Morgan fingerprint density at radius 1 is 1.31 bits per heavy atom. The van der Waals surface area contributed by atoms with E-state index in [1.54, 1.807) is 7.11 Å². The summed E-state index contributed by atoms with van der Waals surface area (Å²) >= 11 is 0. The van der Waals surface area contributed by atoms with Gasteiger partial charge in [0.1, 0.15) is 11.9 Å². The average Bonchev–Trinajstić information content (AvgIpc) is 2.71. The Hall–Kier alpha value is -1.28. The molecule has 1 aliphatic rings. The van der Waals surface area contributed by atoms with Crippen molar-refractivity contribution in [1.82, 2.24) is 0 Å². The smallest absolute Gasteiger partial charge is 0.118 e. The van der Waals surface area contributed by atoms with Crippen molar-refractivity contribution >= 4 is 0 Å². The summed E-state index contributed by atoms with van der Waals surface area (Å²) in [7, 11) is 1.67. The van der Waals surface area contributed by atoms with Crippen molar-refractivity contribution in [3.63, 3.8) is 0 Å². The van der Waals surface area contributed by atoms with Crippen LogP contribution in [0.1, 0.15) is 11.7 Å². The van der Waals surface area contributed by atoms with E-state index in [1.807, 2.05) is 30.3 Å². The quantitative estimate of drug-likeness (QED) is 0.644. The fourth-order valence-corrected chi connectivity index (χ4v) is 1.39. The number of hydrogen-bond acceptors (Lipinski definition) is 2. The molecule has 2 heteroatoms. The Balaban J connectivity index is 2.17. The Morgan fingerprint density at radius 3 is 2.62 bits per heavy atom. The highest BCUT2D eigenvalue weighted by Crippen LogP contribution is 2.24. The molecule has 0 N–H and O–H groups in total. The first-order chi connectivity index (χ1) is 6.40. The van der Waals surface area contributed by atoms with Crippen molar-refractivity contribution in [3.05, 3.63) is 42.0 Å². The molecule has 0 bridgehead atoms. The molecule has 0 aliphatic carbocycles. The Kier molecular flexibility index (Phi) is 2.32. The third kappa shape index (κ3) is 1.73. The lowest BCUT2D eigenvalue weighted by molar-refractivity contribution is 0.129. The zero-order valence-corrected chi connectivity index (χ0v) is 7.57. The molecule has 2 rings (SSSR count). The molecule has 0 spiro atoms. The van der Waals surface area contributed by atoms with E-state index in [0.717, 1.165) is 12.4 Å². The van der Waals surface area contributed by atoms with E-state index in [9.17, 15) is 0 Å². The molecule has 1 aromatic carbocycles. The maximum Gasteiger partial charge on any atom is 0.118 e. The minimum Gasteiger partial charge on any atom is -0.497 e. The van der Waals surface area contributed by atoms with Crippen molar-refractivity contribution in [1.29, 1.82) is 0 Å². The largest absolute Gasteiger partial charge is 0.497 e. The van der Waals surface area contributed by atoms with Crippen LogP contribution in [0.5, 0.6) is 5.75 Å². The molecule has 0 fully saturated rings. The lowest BCUT2D eigenvalue weighted by Gasteiger charge is -2.08. The summed E-state index contributed by atoms with van der Waals surface area (Å²) in [4.78, 5) is 0. The van der Waals surface area contributed by atoms with Crippen LogP contribution in [0.15, 0.2) is 36.4 Å². The van der Waals surface area contributed by atoms with Crippen LogP contribution in [0.4, 0.5) is 0 Å². The van der Waals surface area contributed by atoms with Gasteiger partial charge in [-0.2, -0.15) is 0 Å². The molecule has 0 aromatic heterocycles. The van der Waals surface area contributed by atoms with Gasteiger partial charge in [-0.05, 0) is 17.7 Å².